The van der Waals surface area contributed by atoms with E-state index in [0.29, 0.717) is 11.8 Å². The van der Waals surface area contributed by atoms with Crippen LogP contribution < -0.4 is 0 Å². The van der Waals surface area contributed by atoms with Crippen molar-refractivity contribution < 1.29 is 52.7 Å². The first-order valence-electron chi connectivity index (χ1n) is 15.7. The highest BCUT2D eigenvalue weighted by Crippen LogP contribution is 2.48. The van der Waals surface area contributed by atoms with Gasteiger partial charge in [-0.3, -0.25) is 52.7 Å². The van der Waals surface area contributed by atoms with Crippen LogP contribution in [0, 0.1) is 34.5 Å². The van der Waals surface area contributed by atoms with Crippen LogP contribution >= 0.6 is 0 Å². The molecule has 11 heteroatoms. The van der Waals surface area contributed by atoms with Gasteiger partial charge < -0.3 is 0 Å². The summed E-state index contributed by atoms with van der Waals surface area (Å²) in [5.74, 6) is -20.8. The Morgan fingerprint density at radius 1 is 0.542 bits per heavy atom. The van der Waals surface area contributed by atoms with Gasteiger partial charge in [-0.25, -0.2) is 0 Å². The lowest BCUT2D eigenvalue weighted by molar-refractivity contribution is -0.155. The van der Waals surface area contributed by atoms with E-state index in [2.05, 4.69) is 27.0 Å². The molecule has 2 rings (SSSR count). The van der Waals surface area contributed by atoms with Gasteiger partial charge in [0.2, 0.25) is 11.6 Å². The van der Waals surface area contributed by atoms with Crippen LogP contribution in [0.2, 0.25) is 0 Å². The fourth-order valence-corrected chi connectivity index (χ4v) is 6.06. The average Bonchev–Trinajstić information content (AvgIpc) is 3.01. The van der Waals surface area contributed by atoms with Gasteiger partial charge in [-0.15, -0.1) is 0 Å². The molecular weight excluding hydrogens is 620 g/mol. The minimum Gasteiger partial charge on any atom is -0.294 e. The van der Waals surface area contributed by atoms with Crippen LogP contribution in [0.25, 0.3) is 0 Å². The number of ketones is 11. The normalized spacial score (nSPS) is 23.4. The maximum Gasteiger partial charge on any atom is 0.281 e. The lowest BCUT2D eigenvalue weighted by Gasteiger charge is -2.44. The van der Waals surface area contributed by atoms with E-state index in [4.69, 9.17) is 0 Å². The van der Waals surface area contributed by atoms with E-state index in [1.165, 1.54) is 0 Å². The molecule has 48 heavy (non-hydrogen) atoms. The minimum absolute atomic E-state index is 0.206. The number of rotatable bonds is 16. The average molecular weight is 663 g/mol. The van der Waals surface area contributed by atoms with Crippen molar-refractivity contribution in [1.29, 1.82) is 0 Å². The number of allylic oxidation sites excluding steroid dienone is 6. The molecule has 2 aliphatic rings. The fourth-order valence-electron chi connectivity index (χ4n) is 6.06. The Bertz CT molecular complexity index is 1480. The second-order valence-corrected chi connectivity index (χ2v) is 13.9. The van der Waals surface area contributed by atoms with E-state index in [1.54, 1.807) is 12.2 Å². The maximum atomic E-state index is 12.4. The Balaban J connectivity index is 1.98. The van der Waals surface area contributed by atoms with Crippen LogP contribution in [-0.2, 0) is 52.7 Å². The van der Waals surface area contributed by atoms with Gasteiger partial charge >= 0.3 is 0 Å². The lowest BCUT2D eigenvalue weighted by Crippen LogP contribution is -2.43. The van der Waals surface area contributed by atoms with Crippen molar-refractivity contribution in [3.63, 3.8) is 0 Å². The van der Waals surface area contributed by atoms with Crippen LogP contribution in [-0.4, -0.2) is 63.6 Å². The summed E-state index contributed by atoms with van der Waals surface area (Å²) in [5.41, 5.74) is 1.26. The summed E-state index contributed by atoms with van der Waals surface area (Å²) >= 11 is 0. The lowest BCUT2D eigenvalue weighted by atomic mass is 9.61. The van der Waals surface area contributed by atoms with Crippen molar-refractivity contribution in [3.05, 3.63) is 48.6 Å². The second-order valence-electron chi connectivity index (χ2n) is 13.9. The topological polar surface area (TPSA) is 188 Å². The molecule has 256 valence electrons. The van der Waals surface area contributed by atoms with Crippen molar-refractivity contribution in [2.75, 3.05) is 0 Å². The second kappa shape index (κ2) is 15.5. The third-order valence-electron chi connectivity index (χ3n) is 10.2. The highest BCUT2D eigenvalue weighted by atomic mass is 16.2. The molecule has 2 saturated carbocycles. The Hall–Kier alpha value is -4.67. The number of hydrogen-bond acceptors (Lipinski definition) is 11. The Morgan fingerprint density at radius 2 is 0.812 bits per heavy atom. The van der Waals surface area contributed by atoms with Gasteiger partial charge in [0, 0.05) is 11.8 Å². The molecule has 0 saturated heterocycles. The Labute approximate surface area is 279 Å². The molecule has 11 nitrogen and oxygen atoms in total. The molecule has 2 aliphatic carbocycles. The van der Waals surface area contributed by atoms with Crippen molar-refractivity contribution in [3.8, 4) is 0 Å². The quantitative estimate of drug-likeness (QED) is 0.102. The third-order valence-corrected chi connectivity index (χ3v) is 10.2. The van der Waals surface area contributed by atoms with Crippen LogP contribution in [0.3, 0.4) is 0 Å². The molecular formula is C37H42O11. The summed E-state index contributed by atoms with van der Waals surface area (Å²) in [7, 11) is 0. The standard InChI is InChI=1S/C37H42O11/c1-19-9-11-21(3)36(5,6)25(19)15-13-23(38)17-27(40)29(42)31(44)33(46)35(48)34(47)32(45)30(43)28(41)18-24(39)14-16-26-20(2)10-12-22(4)37(26,7)8/h13-16,21-22,25-26H,1-2,9-12,17-18H2,3-8H3/b15-13+,16-14+/t21-,22-,25-,26+/m0/s1. The summed E-state index contributed by atoms with van der Waals surface area (Å²) in [6.07, 6.45) is 6.30. The molecule has 0 aromatic heterocycles. The maximum absolute atomic E-state index is 12.4. The molecule has 2 fully saturated rings. The monoisotopic (exact) mass is 662 g/mol. The number of carbonyl (C=O) groups excluding carboxylic acids is 11. The predicted octanol–water partition coefficient (Wildman–Crippen LogP) is 3.40. The minimum atomic E-state index is -2.43. The fraction of sp³-hybridized carbons (Fsp3) is 0.486. The summed E-state index contributed by atoms with van der Waals surface area (Å²) in [6.45, 7) is 20.2. The van der Waals surface area contributed by atoms with Crippen LogP contribution in [0.5, 0.6) is 0 Å². The number of carbonyl (C=O) groups is 11. The van der Waals surface area contributed by atoms with E-state index >= 15 is 0 Å². The highest BCUT2D eigenvalue weighted by molar-refractivity contribution is 7.00. The Kier molecular flexibility index (Phi) is 12.7. The summed E-state index contributed by atoms with van der Waals surface area (Å²) < 4.78 is 0. The summed E-state index contributed by atoms with van der Waals surface area (Å²) in [5, 5.41) is 0. The first kappa shape index (κ1) is 39.5. The zero-order valence-electron chi connectivity index (χ0n) is 28.3. The number of Topliss-reactive ketones (excluding diaryl/α,β-unsaturated/α-hetero) is 9. The van der Waals surface area contributed by atoms with Crippen LogP contribution in [0.4, 0.5) is 0 Å². The smallest absolute Gasteiger partial charge is 0.281 e. The molecule has 4 atom stereocenters. The molecule has 0 spiro atoms. The molecule has 0 heterocycles. The van der Waals surface area contributed by atoms with E-state index in [-0.39, 0.29) is 22.7 Å². The van der Waals surface area contributed by atoms with E-state index in [0.717, 1.165) is 49.0 Å². The zero-order valence-corrected chi connectivity index (χ0v) is 28.3. The van der Waals surface area contributed by atoms with E-state index in [1.807, 2.05) is 27.7 Å². The molecule has 0 N–H and O–H groups in total. The van der Waals surface area contributed by atoms with Gasteiger partial charge in [0.25, 0.3) is 40.5 Å². The van der Waals surface area contributed by atoms with Crippen molar-refractivity contribution in [2.24, 2.45) is 34.5 Å². The van der Waals surface area contributed by atoms with Crippen LogP contribution in [0.15, 0.2) is 48.6 Å². The van der Waals surface area contributed by atoms with Gasteiger partial charge in [-0.1, -0.05) is 78.0 Å². The molecule has 0 radical (unpaired) electrons. The molecule has 0 aliphatic heterocycles. The first-order chi connectivity index (χ1) is 22.0. The van der Waals surface area contributed by atoms with Crippen molar-refractivity contribution in [2.45, 2.75) is 80.1 Å². The third kappa shape index (κ3) is 8.81. The van der Waals surface area contributed by atoms with E-state index in [9.17, 15) is 52.7 Å². The van der Waals surface area contributed by atoms with Crippen LogP contribution in [0.1, 0.15) is 80.1 Å². The highest BCUT2D eigenvalue weighted by Gasteiger charge is 2.43. The van der Waals surface area contributed by atoms with Gasteiger partial charge in [-0.05, 0) is 60.5 Å². The van der Waals surface area contributed by atoms with Gasteiger partial charge in [0.05, 0.1) is 12.8 Å². The molecule has 0 aromatic carbocycles. The molecule has 0 unspecified atom stereocenters. The number of hydrogen-bond donors (Lipinski definition) is 0. The first-order valence-corrected chi connectivity index (χ1v) is 15.7. The Morgan fingerprint density at radius 3 is 1.10 bits per heavy atom. The SMILES string of the molecule is C=C1CC[C@H](C)C(C)(C)[C@@H]1/C=C/C(=O)CC(=O)C(=O)C(=O)C(=O)C(=O)C(=O)C(=O)C(=O)C(=O)CC(=O)/C=C/[C@H]1C(=C)CC[C@H](C)C1(C)C. The van der Waals surface area contributed by atoms with Gasteiger partial charge in [-0.2, -0.15) is 0 Å². The van der Waals surface area contributed by atoms with Crippen molar-refractivity contribution >= 4 is 63.6 Å². The molecule has 0 aromatic rings. The summed E-state index contributed by atoms with van der Waals surface area (Å²) in [4.78, 5) is 135. The molecule has 0 bridgehead atoms. The van der Waals surface area contributed by atoms with Gasteiger partial charge in [0.1, 0.15) is 0 Å². The van der Waals surface area contributed by atoms with Crippen molar-refractivity contribution in [1.82, 2.24) is 0 Å². The van der Waals surface area contributed by atoms with E-state index < -0.39 is 76.5 Å². The zero-order chi connectivity index (χ0) is 36.9. The largest absolute Gasteiger partial charge is 0.294 e. The molecule has 0 amide bonds. The van der Waals surface area contributed by atoms with Gasteiger partial charge in [0.15, 0.2) is 11.6 Å². The predicted molar refractivity (Wildman–Crippen MR) is 172 cm³/mol. The summed E-state index contributed by atoms with van der Waals surface area (Å²) in [6, 6.07) is 0.